The quantitative estimate of drug-likeness (QED) is 0.711. The number of hydrogen-bond donors (Lipinski definition) is 1. The van der Waals surface area contributed by atoms with Crippen molar-refractivity contribution in [1.82, 2.24) is 35.4 Å². The molecule has 0 aromatic carbocycles. The maximum Gasteiger partial charge on any atom is 0.236 e. The average Bonchev–Trinajstić information content (AvgIpc) is 3.31. The van der Waals surface area contributed by atoms with Crippen molar-refractivity contribution in [2.24, 2.45) is 0 Å². The van der Waals surface area contributed by atoms with Gasteiger partial charge in [0.05, 0.1) is 17.3 Å². The summed E-state index contributed by atoms with van der Waals surface area (Å²) in [6, 6.07) is 3.67. The number of hydrogen-bond acceptors (Lipinski definition) is 8. The van der Waals surface area contributed by atoms with E-state index in [1.165, 1.54) is 0 Å². The van der Waals surface area contributed by atoms with Gasteiger partial charge in [-0.1, -0.05) is 5.16 Å². The van der Waals surface area contributed by atoms with Gasteiger partial charge in [-0.2, -0.15) is 20.4 Å². The van der Waals surface area contributed by atoms with Crippen LogP contribution in [0, 0.1) is 0 Å². The fourth-order valence-electron chi connectivity index (χ4n) is 3.03. The predicted molar refractivity (Wildman–Crippen MR) is 92.7 cm³/mol. The van der Waals surface area contributed by atoms with Crippen LogP contribution in [0.3, 0.4) is 0 Å². The van der Waals surface area contributed by atoms with Gasteiger partial charge in [-0.15, -0.1) is 0 Å². The summed E-state index contributed by atoms with van der Waals surface area (Å²) in [7, 11) is 4.00. The molecular formula is C17H21N7O2. The van der Waals surface area contributed by atoms with E-state index in [1.54, 1.807) is 6.20 Å². The standard InChI is InChI=1S/C17H21N7O2/c1-24(2)8-9-25-14-10-11(6-7-18-14)16-19-17(26-22-16)12-4-3-5-13-15(12)21-23-20-13/h6-7,10,12H,3-5,8-9H2,1-2H3,(H,20,21,23). The molecule has 0 saturated carbocycles. The number of aromatic amines is 1. The lowest BCUT2D eigenvalue weighted by atomic mass is 9.90. The molecule has 1 unspecified atom stereocenters. The predicted octanol–water partition coefficient (Wildman–Crippen LogP) is 1.66. The van der Waals surface area contributed by atoms with Crippen LogP contribution in [-0.4, -0.2) is 62.7 Å². The second-order valence-corrected chi connectivity index (χ2v) is 6.59. The number of rotatable bonds is 6. The van der Waals surface area contributed by atoms with Crippen LogP contribution < -0.4 is 4.74 Å². The molecule has 9 nitrogen and oxygen atoms in total. The Labute approximate surface area is 150 Å². The van der Waals surface area contributed by atoms with Crippen LogP contribution in [0.25, 0.3) is 11.4 Å². The van der Waals surface area contributed by atoms with E-state index in [1.807, 2.05) is 26.2 Å². The first-order valence-corrected chi connectivity index (χ1v) is 8.68. The van der Waals surface area contributed by atoms with Crippen molar-refractivity contribution in [2.75, 3.05) is 27.2 Å². The molecule has 1 atom stereocenters. The van der Waals surface area contributed by atoms with Gasteiger partial charge in [-0.25, -0.2) is 4.98 Å². The van der Waals surface area contributed by atoms with Crippen LogP contribution in [0.4, 0.5) is 0 Å². The van der Waals surface area contributed by atoms with Crippen LogP contribution in [0.15, 0.2) is 22.9 Å². The maximum atomic E-state index is 5.68. The van der Waals surface area contributed by atoms with E-state index >= 15 is 0 Å². The van der Waals surface area contributed by atoms with Crippen molar-refractivity contribution in [2.45, 2.75) is 25.2 Å². The van der Waals surface area contributed by atoms with Crippen LogP contribution in [0.1, 0.15) is 36.0 Å². The van der Waals surface area contributed by atoms with E-state index in [0.717, 1.165) is 42.8 Å². The largest absolute Gasteiger partial charge is 0.476 e. The average molecular weight is 355 g/mol. The van der Waals surface area contributed by atoms with Crippen LogP contribution in [-0.2, 0) is 6.42 Å². The zero-order valence-corrected chi connectivity index (χ0v) is 14.8. The summed E-state index contributed by atoms with van der Waals surface area (Å²) in [4.78, 5) is 10.9. The molecule has 3 heterocycles. The molecule has 0 fully saturated rings. The number of ether oxygens (including phenoxy) is 1. The molecule has 0 aliphatic heterocycles. The molecule has 0 radical (unpaired) electrons. The molecule has 0 amide bonds. The normalized spacial score (nSPS) is 16.7. The summed E-state index contributed by atoms with van der Waals surface area (Å²) in [6.07, 6.45) is 4.57. The third-order valence-electron chi connectivity index (χ3n) is 4.41. The van der Waals surface area contributed by atoms with Gasteiger partial charge in [0.25, 0.3) is 0 Å². The fourth-order valence-corrected chi connectivity index (χ4v) is 3.03. The van der Waals surface area contributed by atoms with E-state index in [4.69, 9.17) is 9.26 Å². The number of aryl methyl sites for hydroxylation is 1. The Kier molecular flexibility index (Phi) is 4.61. The van der Waals surface area contributed by atoms with Gasteiger partial charge in [-0.05, 0) is 39.4 Å². The van der Waals surface area contributed by atoms with Crippen LogP contribution in [0.2, 0.25) is 0 Å². The number of aromatic nitrogens is 6. The van der Waals surface area contributed by atoms with E-state index in [9.17, 15) is 0 Å². The molecule has 3 aromatic rings. The van der Waals surface area contributed by atoms with Gasteiger partial charge in [0.2, 0.25) is 17.6 Å². The van der Waals surface area contributed by atoms with E-state index in [-0.39, 0.29) is 5.92 Å². The molecule has 4 rings (SSSR count). The Hall–Kier alpha value is -2.81. The summed E-state index contributed by atoms with van der Waals surface area (Å²) in [5.74, 6) is 1.64. The molecule has 3 aromatic heterocycles. The monoisotopic (exact) mass is 355 g/mol. The van der Waals surface area contributed by atoms with Gasteiger partial charge in [0, 0.05) is 24.4 Å². The fraction of sp³-hybridized carbons (Fsp3) is 0.471. The van der Waals surface area contributed by atoms with Crippen molar-refractivity contribution < 1.29 is 9.26 Å². The summed E-state index contributed by atoms with van der Waals surface area (Å²) < 4.78 is 11.2. The van der Waals surface area contributed by atoms with Gasteiger partial charge in [-0.3, -0.25) is 0 Å². The minimum Gasteiger partial charge on any atom is -0.476 e. The summed E-state index contributed by atoms with van der Waals surface area (Å²) in [5.41, 5.74) is 2.71. The first kappa shape index (κ1) is 16.6. The summed E-state index contributed by atoms with van der Waals surface area (Å²) in [6.45, 7) is 1.39. The van der Waals surface area contributed by atoms with Gasteiger partial charge in [0.1, 0.15) is 6.61 Å². The highest BCUT2D eigenvalue weighted by Crippen LogP contribution is 2.34. The van der Waals surface area contributed by atoms with Crippen molar-refractivity contribution in [3.8, 4) is 17.3 Å². The molecule has 1 aliphatic rings. The minimum atomic E-state index is -0.00333. The van der Waals surface area contributed by atoms with E-state index < -0.39 is 0 Å². The van der Waals surface area contributed by atoms with Gasteiger partial charge in [0.15, 0.2) is 0 Å². The smallest absolute Gasteiger partial charge is 0.236 e. The minimum absolute atomic E-state index is 0.00333. The zero-order chi connectivity index (χ0) is 17.9. The number of likely N-dealkylation sites (N-methyl/N-ethyl adjacent to an activating group) is 1. The maximum absolute atomic E-state index is 5.68. The number of H-pyrrole nitrogens is 1. The Morgan fingerprint density at radius 1 is 1.35 bits per heavy atom. The third-order valence-corrected chi connectivity index (χ3v) is 4.41. The number of nitrogens with one attached hydrogen (secondary N) is 1. The molecule has 136 valence electrons. The SMILES string of the molecule is CN(C)CCOc1cc(-c2noc(C3CCCc4n[nH]nc43)n2)ccn1. The molecule has 0 saturated heterocycles. The van der Waals surface area contributed by atoms with Crippen molar-refractivity contribution in [3.63, 3.8) is 0 Å². The first-order chi connectivity index (χ1) is 12.7. The Morgan fingerprint density at radius 2 is 2.27 bits per heavy atom. The highest BCUT2D eigenvalue weighted by Gasteiger charge is 2.30. The van der Waals surface area contributed by atoms with Gasteiger partial charge >= 0.3 is 0 Å². The lowest BCUT2D eigenvalue weighted by molar-refractivity contribution is 0.254. The molecule has 0 bridgehead atoms. The Balaban J connectivity index is 1.52. The number of nitrogens with zero attached hydrogens (tertiary/aromatic N) is 6. The molecule has 26 heavy (non-hydrogen) atoms. The van der Waals surface area contributed by atoms with Crippen molar-refractivity contribution in [1.29, 1.82) is 0 Å². The first-order valence-electron chi connectivity index (χ1n) is 8.68. The van der Waals surface area contributed by atoms with Gasteiger partial charge < -0.3 is 14.2 Å². The Bertz CT molecular complexity index is 873. The van der Waals surface area contributed by atoms with Crippen molar-refractivity contribution >= 4 is 0 Å². The second kappa shape index (κ2) is 7.20. The van der Waals surface area contributed by atoms with E-state index in [2.05, 4.69) is 35.4 Å². The van der Waals surface area contributed by atoms with Crippen LogP contribution >= 0.6 is 0 Å². The second-order valence-electron chi connectivity index (χ2n) is 6.59. The topological polar surface area (TPSA) is 106 Å². The molecule has 1 N–H and O–H groups in total. The highest BCUT2D eigenvalue weighted by atomic mass is 16.5. The molecule has 9 heteroatoms. The third kappa shape index (κ3) is 3.43. The molecule has 1 aliphatic carbocycles. The van der Waals surface area contributed by atoms with E-state index in [0.29, 0.717) is 24.2 Å². The molecule has 0 spiro atoms. The summed E-state index contributed by atoms with van der Waals surface area (Å²) >= 11 is 0. The van der Waals surface area contributed by atoms with Crippen LogP contribution in [0.5, 0.6) is 5.88 Å². The number of pyridine rings is 1. The summed E-state index contributed by atoms with van der Waals surface area (Å²) in [5, 5.41) is 15.3. The lowest BCUT2D eigenvalue weighted by Gasteiger charge is -2.15. The highest BCUT2D eigenvalue weighted by molar-refractivity contribution is 5.55. The lowest BCUT2D eigenvalue weighted by Crippen LogP contribution is -2.19. The Morgan fingerprint density at radius 3 is 3.15 bits per heavy atom. The molecular weight excluding hydrogens is 334 g/mol. The zero-order valence-electron chi connectivity index (χ0n) is 14.8. The van der Waals surface area contributed by atoms with Crippen molar-refractivity contribution in [3.05, 3.63) is 35.6 Å². The number of fused-ring (bicyclic) bond motifs is 1.